The molecule has 2 aromatic heterocycles. The van der Waals surface area contributed by atoms with E-state index in [1.54, 1.807) is 18.6 Å². The number of imidazole rings is 1. The van der Waals surface area contributed by atoms with E-state index in [1.807, 2.05) is 29.8 Å². The maximum Gasteiger partial charge on any atom is 0.151 e. The lowest BCUT2D eigenvalue weighted by atomic mass is 10.3. The lowest BCUT2D eigenvalue weighted by molar-refractivity contribution is 0.747. The number of nitrogens with two attached hydrogens (primary N) is 1. The summed E-state index contributed by atoms with van der Waals surface area (Å²) in [4.78, 5) is 14.8. The van der Waals surface area contributed by atoms with Gasteiger partial charge in [0.15, 0.2) is 5.82 Å². The summed E-state index contributed by atoms with van der Waals surface area (Å²) in [6, 6.07) is 0. The van der Waals surface area contributed by atoms with Gasteiger partial charge in [-0.3, -0.25) is 4.98 Å². The molecule has 2 N–H and O–H groups in total. The first-order valence-electron chi connectivity index (χ1n) is 5.39. The minimum atomic E-state index is 0.383. The molecule has 6 nitrogen and oxygen atoms in total. The maximum atomic E-state index is 5.64. The Morgan fingerprint density at radius 3 is 2.65 bits per heavy atom. The summed E-state index contributed by atoms with van der Waals surface area (Å²) in [6.45, 7) is 1.06. The zero-order valence-corrected chi connectivity index (χ0v) is 10.0. The number of hydrogen-bond acceptors (Lipinski definition) is 5. The fourth-order valence-corrected chi connectivity index (χ4v) is 1.66. The number of anilines is 1. The van der Waals surface area contributed by atoms with E-state index in [9.17, 15) is 0 Å². The van der Waals surface area contributed by atoms with Gasteiger partial charge in [0.2, 0.25) is 0 Å². The first-order chi connectivity index (χ1) is 8.22. The van der Waals surface area contributed by atoms with E-state index in [4.69, 9.17) is 5.73 Å². The van der Waals surface area contributed by atoms with Crippen LogP contribution in [-0.2, 0) is 20.1 Å². The van der Waals surface area contributed by atoms with Crippen molar-refractivity contribution in [2.45, 2.75) is 13.1 Å². The minimum absolute atomic E-state index is 0.383. The summed E-state index contributed by atoms with van der Waals surface area (Å²) in [5.41, 5.74) is 6.44. The number of hydrogen-bond donors (Lipinski definition) is 1. The molecule has 2 rings (SSSR count). The summed E-state index contributed by atoms with van der Waals surface area (Å²) in [7, 11) is 3.93. The van der Waals surface area contributed by atoms with Gasteiger partial charge in [0.1, 0.15) is 5.82 Å². The molecular weight excluding hydrogens is 216 g/mol. The summed E-state index contributed by atoms with van der Waals surface area (Å²) in [5.74, 6) is 1.78. The van der Waals surface area contributed by atoms with Gasteiger partial charge in [-0.15, -0.1) is 0 Å². The lowest BCUT2D eigenvalue weighted by Crippen LogP contribution is -2.22. The van der Waals surface area contributed by atoms with Crippen LogP contribution in [-0.4, -0.2) is 26.6 Å². The Bertz CT molecular complexity index is 492. The van der Waals surface area contributed by atoms with E-state index in [2.05, 4.69) is 15.0 Å². The van der Waals surface area contributed by atoms with Crippen molar-refractivity contribution in [1.29, 1.82) is 0 Å². The van der Waals surface area contributed by atoms with E-state index >= 15 is 0 Å². The quantitative estimate of drug-likeness (QED) is 0.821. The largest absolute Gasteiger partial charge is 0.351 e. The average Bonchev–Trinajstić information content (AvgIpc) is 2.75. The maximum absolute atomic E-state index is 5.64. The Morgan fingerprint density at radius 2 is 2.00 bits per heavy atom. The summed E-state index contributed by atoms with van der Waals surface area (Å²) < 4.78 is 1.98. The Labute approximate surface area is 100 Å². The van der Waals surface area contributed by atoms with Crippen LogP contribution in [0.25, 0.3) is 0 Å². The van der Waals surface area contributed by atoms with Gasteiger partial charge in [-0.2, -0.15) is 0 Å². The molecule has 0 aliphatic heterocycles. The second kappa shape index (κ2) is 4.92. The second-order valence-electron chi connectivity index (χ2n) is 3.84. The molecule has 2 aromatic rings. The Morgan fingerprint density at radius 1 is 1.24 bits per heavy atom. The molecule has 0 spiro atoms. The molecule has 6 heteroatoms. The molecular formula is C11H16N6. The third kappa shape index (κ3) is 2.42. The van der Waals surface area contributed by atoms with Crippen LogP contribution in [0.3, 0.4) is 0 Å². The van der Waals surface area contributed by atoms with Crippen molar-refractivity contribution < 1.29 is 0 Å². The minimum Gasteiger partial charge on any atom is -0.351 e. The molecule has 2 heterocycles. The van der Waals surface area contributed by atoms with Crippen molar-refractivity contribution in [2.24, 2.45) is 12.8 Å². The van der Waals surface area contributed by atoms with Gasteiger partial charge in [0.25, 0.3) is 0 Å². The molecule has 0 aliphatic rings. The third-order valence-corrected chi connectivity index (χ3v) is 2.61. The van der Waals surface area contributed by atoms with Crippen LogP contribution in [0.15, 0.2) is 24.8 Å². The predicted octanol–water partition coefficient (Wildman–Crippen LogP) is 0.305. The fraction of sp³-hybridized carbons (Fsp3) is 0.364. The monoisotopic (exact) mass is 232 g/mol. The van der Waals surface area contributed by atoms with E-state index < -0.39 is 0 Å². The van der Waals surface area contributed by atoms with Crippen molar-refractivity contribution in [3.05, 3.63) is 36.3 Å². The number of aryl methyl sites for hydroxylation is 1. The average molecular weight is 232 g/mol. The molecule has 0 bridgehead atoms. The second-order valence-corrected chi connectivity index (χ2v) is 3.84. The van der Waals surface area contributed by atoms with E-state index in [-0.39, 0.29) is 0 Å². The molecule has 0 saturated carbocycles. The van der Waals surface area contributed by atoms with Crippen LogP contribution >= 0.6 is 0 Å². The number of rotatable bonds is 4. The molecule has 0 aliphatic carbocycles. The molecule has 0 amide bonds. The highest BCUT2D eigenvalue weighted by atomic mass is 15.2. The Balaban J connectivity index is 2.20. The first-order valence-corrected chi connectivity index (χ1v) is 5.39. The zero-order chi connectivity index (χ0) is 12.3. The Hall–Kier alpha value is -1.95. The van der Waals surface area contributed by atoms with Crippen LogP contribution < -0.4 is 10.6 Å². The van der Waals surface area contributed by atoms with Crippen LogP contribution in [0, 0.1) is 0 Å². The molecule has 17 heavy (non-hydrogen) atoms. The summed E-state index contributed by atoms with van der Waals surface area (Å²) in [5, 5.41) is 0. The highest BCUT2D eigenvalue weighted by Gasteiger charge is 2.11. The number of aromatic nitrogens is 4. The Kier molecular flexibility index (Phi) is 3.34. The summed E-state index contributed by atoms with van der Waals surface area (Å²) in [6.07, 6.45) is 7.02. The van der Waals surface area contributed by atoms with E-state index in [0.717, 1.165) is 17.3 Å². The molecule has 90 valence electrons. The lowest BCUT2D eigenvalue weighted by Gasteiger charge is -2.19. The first kappa shape index (κ1) is 11.5. The van der Waals surface area contributed by atoms with Crippen LogP contribution in [0.2, 0.25) is 0 Å². The molecule has 0 aromatic carbocycles. The van der Waals surface area contributed by atoms with Crippen molar-refractivity contribution in [3.63, 3.8) is 0 Å². The topological polar surface area (TPSA) is 72.9 Å². The smallest absolute Gasteiger partial charge is 0.151 e. The number of nitrogens with zero attached hydrogens (tertiary/aromatic N) is 5. The molecule has 0 fully saturated rings. The predicted molar refractivity (Wildman–Crippen MR) is 65.2 cm³/mol. The van der Waals surface area contributed by atoms with Gasteiger partial charge in [-0.25, -0.2) is 9.97 Å². The van der Waals surface area contributed by atoms with Gasteiger partial charge in [0.05, 0.1) is 12.2 Å². The van der Waals surface area contributed by atoms with Gasteiger partial charge >= 0.3 is 0 Å². The van der Waals surface area contributed by atoms with Crippen molar-refractivity contribution in [1.82, 2.24) is 19.5 Å². The van der Waals surface area contributed by atoms with Gasteiger partial charge in [-0.05, 0) is 0 Å². The van der Waals surface area contributed by atoms with E-state index in [0.29, 0.717) is 13.1 Å². The molecule has 0 saturated heterocycles. The summed E-state index contributed by atoms with van der Waals surface area (Å²) >= 11 is 0. The SMILES string of the molecule is CN(Cc1nccn1C)c1nccnc1CN. The standard InChI is InChI=1S/C11H16N6/c1-16-6-5-14-10(16)8-17(2)11-9(7-12)13-3-4-15-11/h3-6H,7-8,12H2,1-2H3. The molecule has 0 radical (unpaired) electrons. The van der Waals surface area contributed by atoms with Crippen LogP contribution in [0.4, 0.5) is 5.82 Å². The molecule has 0 unspecified atom stereocenters. The van der Waals surface area contributed by atoms with Crippen molar-refractivity contribution in [3.8, 4) is 0 Å². The van der Waals surface area contributed by atoms with Crippen molar-refractivity contribution in [2.75, 3.05) is 11.9 Å². The van der Waals surface area contributed by atoms with E-state index in [1.165, 1.54) is 0 Å². The molecule has 0 atom stereocenters. The third-order valence-electron chi connectivity index (χ3n) is 2.61. The fourth-order valence-electron chi connectivity index (χ4n) is 1.66. The van der Waals surface area contributed by atoms with Gasteiger partial charge < -0.3 is 15.2 Å². The zero-order valence-electron chi connectivity index (χ0n) is 10.0. The van der Waals surface area contributed by atoms with Gasteiger partial charge in [-0.1, -0.05) is 0 Å². The highest BCUT2D eigenvalue weighted by Crippen LogP contribution is 2.14. The van der Waals surface area contributed by atoms with Crippen molar-refractivity contribution >= 4 is 5.82 Å². The van der Waals surface area contributed by atoms with Crippen LogP contribution in [0.5, 0.6) is 0 Å². The van der Waals surface area contributed by atoms with Crippen LogP contribution in [0.1, 0.15) is 11.5 Å². The highest BCUT2D eigenvalue weighted by molar-refractivity contribution is 5.42. The van der Waals surface area contributed by atoms with Gasteiger partial charge in [0, 0.05) is 45.4 Å². The normalized spacial score (nSPS) is 10.5.